The van der Waals surface area contributed by atoms with Crippen molar-refractivity contribution in [3.8, 4) is 0 Å². The molecule has 1 heterocycles. The van der Waals surface area contributed by atoms with E-state index in [2.05, 4.69) is 15.5 Å². The molecule has 82 valence electrons. The molecule has 0 saturated heterocycles. The van der Waals surface area contributed by atoms with Crippen molar-refractivity contribution in [2.45, 2.75) is 25.8 Å². The Bertz CT molecular complexity index is 305. The Labute approximate surface area is 94.0 Å². The number of alkyl halides is 1. The molecule has 0 aliphatic heterocycles. The Morgan fingerprint density at radius 1 is 1.60 bits per heavy atom. The second-order valence-corrected chi connectivity index (χ2v) is 3.71. The molecular weight excluding hydrogens is 214 g/mol. The van der Waals surface area contributed by atoms with Crippen molar-refractivity contribution in [3.05, 3.63) is 24.0 Å². The molecule has 0 spiro atoms. The van der Waals surface area contributed by atoms with Gasteiger partial charge >= 0.3 is 0 Å². The molecule has 1 N–H and O–H groups in total. The topological polar surface area (TPSA) is 54.9 Å². The first-order valence-corrected chi connectivity index (χ1v) is 5.41. The van der Waals surface area contributed by atoms with Gasteiger partial charge in [0.15, 0.2) is 0 Å². The number of nitrogens with one attached hydrogen (secondary N) is 1. The van der Waals surface area contributed by atoms with Crippen molar-refractivity contribution in [1.82, 2.24) is 15.5 Å². The van der Waals surface area contributed by atoms with Crippen LogP contribution in [0.4, 0.5) is 0 Å². The Morgan fingerprint density at radius 2 is 2.40 bits per heavy atom. The fraction of sp³-hybridized carbons (Fsp3) is 0.500. The third-order valence-electron chi connectivity index (χ3n) is 1.99. The van der Waals surface area contributed by atoms with Crippen LogP contribution in [-0.2, 0) is 0 Å². The van der Waals surface area contributed by atoms with Gasteiger partial charge in [0.1, 0.15) is 0 Å². The van der Waals surface area contributed by atoms with E-state index in [-0.39, 0.29) is 11.9 Å². The molecule has 1 aromatic heterocycles. The number of rotatable bonds is 5. The molecule has 1 aromatic rings. The molecule has 5 heteroatoms. The van der Waals surface area contributed by atoms with Crippen LogP contribution in [0.1, 0.15) is 30.1 Å². The molecule has 0 aliphatic rings. The lowest BCUT2D eigenvalue weighted by Gasteiger charge is -2.12. The predicted octanol–water partition coefficient (Wildman–Crippen LogP) is 1.61. The lowest BCUT2D eigenvalue weighted by atomic mass is 10.2. The molecule has 0 bridgehead atoms. The fourth-order valence-electron chi connectivity index (χ4n) is 1.19. The quantitative estimate of drug-likeness (QED) is 0.778. The molecule has 0 radical (unpaired) electrons. The first-order chi connectivity index (χ1) is 7.24. The van der Waals surface area contributed by atoms with E-state index in [1.807, 2.05) is 6.92 Å². The Morgan fingerprint density at radius 3 is 3.00 bits per heavy atom. The molecule has 0 aliphatic carbocycles. The van der Waals surface area contributed by atoms with Crippen LogP contribution in [0.3, 0.4) is 0 Å². The third kappa shape index (κ3) is 4.25. The Kier molecular flexibility index (Phi) is 5.04. The molecule has 15 heavy (non-hydrogen) atoms. The number of carbonyl (C=O) groups is 1. The summed E-state index contributed by atoms with van der Waals surface area (Å²) in [5.41, 5.74) is 0.530. The number of amides is 1. The smallest absolute Gasteiger partial charge is 0.253 e. The first kappa shape index (κ1) is 11.9. The normalized spacial score (nSPS) is 12.1. The summed E-state index contributed by atoms with van der Waals surface area (Å²) in [7, 11) is 0. The molecule has 1 amide bonds. The highest BCUT2D eigenvalue weighted by molar-refractivity contribution is 6.17. The highest BCUT2D eigenvalue weighted by atomic mass is 35.5. The number of hydrogen-bond donors (Lipinski definition) is 1. The van der Waals surface area contributed by atoms with Gasteiger partial charge in [-0.25, -0.2) is 0 Å². The number of halogens is 1. The second kappa shape index (κ2) is 6.35. The minimum Gasteiger partial charge on any atom is -0.350 e. The average Bonchev–Trinajstić information content (AvgIpc) is 2.27. The Hall–Kier alpha value is -1.16. The molecule has 0 fully saturated rings. The van der Waals surface area contributed by atoms with E-state index in [0.29, 0.717) is 11.4 Å². The zero-order valence-corrected chi connectivity index (χ0v) is 9.37. The maximum absolute atomic E-state index is 11.6. The summed E-state index contributed by atoms with van der Waals surface area (Å²) in [6.07, 6.45) is 4.73. The summed E-state index contributed by atoms with van der Waals surface area (Å²) in [4.78, 5) is 11.6. The van der Waals surface area contributed by atoms with Crippen LogP contribution in [0.2, 0.25) is 0 Å². The Balaban J connectivity index is 2.42. The minimum absolute atomic E-state index is 0.119. The van der Waals surface area contributed by atoms with Gasteiger partial charge in [-0.05, 0) is 25.8 Å². The molecular formula is C10H14ClN3O. The SMILES string of the molecule is CC(CCCCl)NC(=O)c1ccnnc1. The van der Waals surface area contributed by atoms with Crippen LogP contribution in [-0.4, -0.2) is 28.0 Å². The van der Waals surface area contributed by atoms with Crippen molar-refractivity contribution in [2.24, 2.45) is 0 Å². The van der Waals surface area contributed by atoms with Crippen molar-refractivity contribution >= 4 is 17.5 Å². The van der Waals surface area contributed by atoms with E-state index in [1.165, 1.54) is 12.4 Å². The molecule has 1 unspecified atom stereocenters. The van der Waals surface area contributed by atoms with Crippen LogP contribution in [0, 0.1) is 0 Å². The van der Waals surface area contributed by atoms with E-state index >= 15 is 0 Å². The van der Waals surface area contributed by atoms with E-state index in [9.17, 15) is 4.79 Å². The maximum Gasteiger partial charge on any atom is 0.253 e. The van der Waals surface area contributed by atoms with E-state index in [1.54, 1.807) is 6.07 Å². The highest BCUT2D eigenvalue weighted by Crippen LogP contribution is 2.00. The molecule has 0 aromatic carbocycles. The van der Waals surface area contributed by atoms with Gasteiger partial charge in [0, 0.05) is 11.9 Å². The largest absolute Gasteiger partial charge is 0.350 e. The highest BCUT2D eigenvalue weighted by Gasteiger charge is 2.08. The first-order valence-electron chi connectivity index (χ1n) is 4.87. The second-order valence-electron chi connectivity index (χ2n) is 3.34. The van der Waals surface area contributed by atoms with Gasteiger partial charge < -0.3 is 5.32 Å². The summed E-state index contributed by atoms with van der Waals surface area (Å²) in [5, 5.41) is 10.1. The van der Waals surface area contributed by atoms with Crippen LogP contribution in [0.25, 0.3) is 0 Å². The fourth-order valence-corrected chi connectivity index (χ4v) is 1.34. The summed E-state index contributed by atoms with van der Waals surface area (Å²) in [6.45, 7) is 1.96. The standard InChI is InChI=1S/C10H14ClN3O/c1-8(3-2-5-11)14-10(15)9-4-6-12-13-7-9/h4,6-8H,2-3,5H2,1H3,(H,14,15). The van der Waals surface area contributed by atoms with Gasteiger partial charge in [-0.1, -0.05) is 0 Å². The van der Waals surface area contributed by atoms with Crippen LogP contribution in [0.15, 0.2) is 18.5 Å². The number of nitrogens with zero attached hydrogens (tertiary/aromatic N) is 2. The van der Waals surface area contributed by atoms with E-state index in [4.69, 9.17) is 11.6 Å². The number of hydrogen-bond acceptors (Lipinski definition) is 3. The monoisotopic (exact) mass is 227 g/mol. The summed E-state index contributed by atoms with van der Waals surface area (Å²) in [5.74, 6) is 0.504. The van der Waals surface area contributed by atoms with Gasteiger partial charge in [-0.3, -0.25) is 4.79 Å². The summed E-state index contributed by atoms with van der Waals surface area (Å²) < 4.78 is 0. The van der Waals surface area contributed by atoms with E-state index in [0.717, 1.165) is 12.8 Å². The van der Waals surface area contributed by atoms with Crippen molar-refractivity contribution < 1.29 is 4.79 Å². The summed E-state index contributed by atoms with van der Waals surface area (Å²) >= 11 is 5.57. The van der Waals surface area contributed by atoms with Gasteiger partial charge in [-0.2, -0.15) is 10.2 Å². The van der Waals surface area contributed by atoms with Gasteiger partial charge in [-0.15, -0.1) is 11.6 Å². The zero-order chi connectivity index (χ0) is 11.1. The average molecular weight is 228 g/mol. The van der Waals surface area contributed by atoms with Crippen molar-refractivity contribution in [3.63, 3.8) is 0 Å². The van der Waals surface area contributed by atoms with E-state index < -0.39 is 0 Å². The molecule has 0 saturated carbocycles. The predicted molar refractivity (Wildman–Crippen MR) is 58.9 cm³/mol. The molecule has 4 nitrogen and oxygen atoms in total. The lowest BCUT2D eigenvalue weighted by Crippen LogP contribution is -2.32. The van der Waals surface area contributed by atoms with Crippen LogP contribution >= 0.6 is 11.6 Å². The van der Waals surface area contributed by atoms with Gasteiger partial charge in [0.25, 0.3) is 5.91 Å². The van der Waals surface area contributed by atoms with Crippen LogP contribution in [0.5, 0.6) is 0 Å². The molecule has 1 atom stereocenters. The van der Waals surface area contributed by atoms with Gasteiger partial charge in [0.2, 0.25) is 0 Å². The zero-order valence-electron chi connectivity index (χ0n) is 8.61. The maximum atomic E-state index is 11.6. The third-order valence-corrected chi connectivity index (χ3v) is 2.26. The lowest BCUT2D eigenvalue weighted by molar-refractivity contribution is 0.0938. The van der Waals surface area contributed by atoms with Crippen molar-refractivity contribution in [1.29, 1.82) is 0 Å². The number of aromatic nitrogens is 2. The van der Waals surface area contributed by atoms with Crippen LogP contribution < -0.4 is 5.32 Å². The number of carbonyl (C=O) groups excluding carboxylic acids is 1. The summed E-state index contributed by atoms with van der Waals surface area (Å²) in [6, 6.07) is 1.76. The minimum atomic E-state index is -0.119. The van der Waals surface area contributed by atoms with Gasteiger partial charge in [0.05, 0.1) is 18.0 Å². The van der Waals surface area contributed by atoms with Crippen molar-refractivity contribution in [2.75, 3.05) is 5.88 Å². The molecule has 1 rings (SSSR count).